The molecule has 0 saturated carbocycles. The Balaban J connectivity index is 1.46. The van der Waals surface area contributed by atoms with Crippen LogP contribution in [0.15, 0.2) is 42.5 Å². The minimum atomic E-state index is -0.164. The van der Waals surface area contributed by atoms with Crippen molar-refractivity contribution in [2.45, 2.75) is 39.2 Å². The first-order valence-corrected chi connectivity index (χ1v) is 10.3. The Hall–Kier alpha value is -3.06. The van der Waals surface area contributed by atoms with Crippen molar-refractivity contribution in [3.05, 3.63) is 48.0 Å². The molecular formula is C23H29N3O4. The number of anilines is 3. The van der Waals surface area contributed by atoms with Crippen LogP contribution in [0.2, 0.25) is 0 Å². The number of amides is 2. The van der Waals surface area contributed by atoms with Crippen molar-refractivity contribution in [2.24, 2.45) is 0 Å². The fourth-order valence-corrected chi connectivity index (χ4v) is 3.09. The van der Waals surface area contributed by atoms with Crippen LogP contribution in [0.3, 0.4) is 0 Å². The summed E-state index contributed by atoms with van der Waals surface area (Å²) in [6.45, 7) is 5.20. The monoisotopic (exact) mass is 411 g/mol. The molecule has 7 nitrogen and oxygen atoms in total. The Morgan fingerprint density at radius 2 is 1.83 bits per heavy atom. The highest BCUT2D eigenvalue weighted by molar-refractivity contribution is 5.94. The van der Waals surface area contributed by atoms with E-state index in [2.05, 4.69) is 16.0 Å². The molecule has 3 N–H and O–H groups in total. The summed E-state index contributed by atoms with van der Waals surface area (Å²) in [6.07, 6.45) is 2.71. The molecule has 1 atom stereocenters. The van der Waals surface area contributed by atoms with E-state index in [1.807, 2.05) is 49.4 Å². The van der Waals surface area contributed by atoms with Gasteiger partial charge in [-0.2, -0.15) is 0 Å². The number of nitrogens with one attached hydrogen (secondary N) is 3. The van der Waals surface area contributed by atoms with Crippen LogP contribution in [-0.4, -0.2) is 37.7 Å². The zero-order valence-electron chi connectivity index (χ0n) is 17.5. The Bertz CT molecular complexity index is 861. The van der Waals surface area contributed by atoms with Crippen LogP contribution in [0.25, 0.3) is 0 Å². The molecule has 7 heteroatoms. The second-order valence-corrected chi connectivity index (χ2v) is 7.30. The van der Waals surface area contributed by atoms with Gasteiger partial charge in [-0.05, 0) is 61.7 Å². The summed E-state index contributed by atoms with van der Waals surface area (Å²) in [6, 6.07) is 12.9. The molecule has 3 rings (SSSR count). The minimum Gasteiger partial charge on any atom is -0.491 e. The van der Waals surface area contributed by atoms with Crippen molar-refractivity contribution < 1.29 is 19.1 Å². The summed E-state index contributed by atoms with van der Waals surface area (Å²) in [4.78, 5) is 23.9. The first-order chi connectivity index (χ1) is 14.5. The summed E-state index contributed by atoms with van der Waals surface area (Å²) in [5, 5.41) is 8.80. The number of benzene rings is 2. The zero-order valence-corrected chi connectivity index (χ0v) is 17.5. The van der Waals surface area contributed by atoms with Gasteiger partial charge in [0.1, 0.15) is 12.4 Å². The van der Waals surface area contributed by atoms with Gasteiger partial charge in [-0.15, -0.1) is 0 Å². The van der Waals surface area contributed by atoms with Crippen LogP contribution in [0.4, 0.5) is 17.1 Å². The smallest absolute Gasteiger partial charge is 0.243 e. The maximum atomic E-state index is 12.3. The van der Waals surface area contributed by atoms with Crippen molar-refractivity contribution in [1.82, 2.24) is 0 Å². The van der Waals surface area contributed by atoms with Gasteiger partial charge < -0.3 is 25.4 Å². The standard InChI is InChI=1S/C23H29N3O4/c1-3-22(27)26-21-13-18(7-6-16(21)2)24-14-23(28)25-17-8-10-19(11-9-17)30-15-20-5-4-12-29-20/h6-11,13,20,24H,3-5,12,14-15H2,1-2H3,(H,25,28)(H,26,27). The predicted molar refractivity (Wildman–Crippen MR) is 118 cm³/mol. The SMILES string of the molecule is CCC(=O)Nc1cc(NCC(=O)Nc2ccc(OCC3CCCO3)cc2)ccc1C. The normalized spacial score (nSPS) is 15.5. The molecule has 1 aliphatic rings. The van der Waals surface area contributed by atoms with Crippen molar-refractivity contribution >= 4 is 28.9 Å². The van der Waals surface area contributed by atoms with E-state index in [1.165, 1.54) is 0 Å². The molecule has 2 aromatic rings. The largest absolute Gasteiger partial charge is 0.491 e. The van der Waals surface area contributed by atoms with Gasteiger partial charge in [-0.3, -0.25) is 9.59 Å². The highest BCUT2D eigenvalue weighted by Gasteiger charge is 2.16. The van der Waals surface area contributed by atoms with Crippen LogP contribution in [-0.2, 0) is 14.3 Å². The molecule has 0 spiro atoms. The van der Waals surface area contributed by atoms with Crippen molar-refractivity contribution in [1.29, 1.82) is 0 Å². The molecule has 1 saturated heterocycles. The first kappa shape index (κ1) is 21.6. The van der Waals surface area contributed by atoms with Gasteiger partial charge in [-0.25, -0.2) is 0 Å². The number of rotatable bonds is 9. The Morgan fingerprint density at radius 1 is 1.07 bits per heavy atom. The highest BCUT2D eigenvalue weighted by Crippen LogP contribution is 2.21. The lowest BCUT2D eigenvalue weighted by molar-refractivity contribution is -0.116. The zero-order chi connectivity index (χ0) is 21.3. The number of hydrogen-bond donors (Lipinski definition) is 3. The topological polar surface area (TPSA) is 88.7 Å². The van der Waals surface area contributed by atoms with Gasteiger partial charge in [0.2, 0.25) is 11.8 Å². The molecule has 0 aliphatic carbocycles. The van der Waals surface area contributed by atoms with Gasteiger partial charge in [0.25, 0.3) is 0 Å². The number of carbonyl (C=O) groups excluding carboxylic acids is 2. The van der Waals surface area contributed by atoms with Crippen molar-refractivity contribution in [2.75, 3.05) is 35.7 Å². The summed E-state index contributed by atoms with van der Waals surface area (Å²) < 4.78 is 11.3. The summed E-state index contributed by atoms with van der Waals surface area (Å²) in [5.74, 6) is 0.543. The average molecular weight is 412 g/mol. The number of carbonyl (C=O) groups is 2. The number of aryl methyl sites for hydroxylation is 1. The van der Waals surface area contributed by atoms with Crippen molar-refractivity contribution in [3.63, 3.8) is 0 Å². The fourth-order valence-electron chi connectivity index (χ4n) is 3.09. The molecule has 2 aromatic carbocycles. The van der Waals surface area contributed by atoms with E-state index in [4.69, 9.17) is 9.47 Å². The lowest BCUT2D eigenvalue weighted by Crippen LogP contribution is -2.22. The number of hydrogen-bond acceptors (Lipinski definition) is 5. The van der Waals surface area contributed by atoms with Crippen LogP contribution in [0, 0.1) is 6.92 Å². The molecular weight excluding hydrogens is 382 g/mol. The van der Waals surface area contributed by atoms with Gasteiger partial charge in [0, 0.05) is 30.1 Å². The second-order valence-electron chi connectivity index (χ2n) is 7.30. The molecule has 0 aromatic heterocycles. The van der Waals surface area contributed by atoms with E-state index in [0.29, 0.717) is 18.7 Å². The van der Waals surface area contributed by atoms with E-state index in [9.17, 15) is 9.59 Å². The lowest BCUT2D eigenvalue weighted by atomic mass is 10.1. The molecule has 30 heavy (non-hydrogen) atoms. The van der Waals surface area contributed by atoms with Crippen LogP contribution in [0.5, 0.6) is 5.75 Å². The van der Waals surface area contributed by atoms with E-state index in [1.54, 1.807) is 6.92 Å². The first-order valence-electron chi connectivity index (χ1n) is 10.3. The van der Waals surface area contributed by atoms with Crippen molar-refractivity contribution in [3.8, 4) is 5.75 Å². The Kier molecular flexibility index (Phi) is 7.68. The lowest BCUT2D eigenvalue weighted by Gasteiger charge is -2.13. The quantitative estimate of drug-likeness (QED) is 0.581. The molecule has 0 bridgehead atoms. The molecule has 2 amide bonds. The average Bonchev–Trinajstić information content (AvgIpc) is 3.27. The van der Waals surface area contributed by atoms with Gasteiger partial charge in [0.05, 0.1) is 12.6 Å². The van der Waals surface area contributed by atoms with Gasteiger partial charge >= 0.3 is 0 Å². The third kappa shape index (κ3) is 6.49. The fraction of sp³-hybridized carbons (Fsp3) is 0.391. The van der Waals surface area contributed by atoms with Crippen LogP contribution >= 0.6 is 0 Å². The molecule has 1 unspecified atom stereocenters. The van der Waals surface area contributed by atoms with E-state index >= 15 is 0 Å². The number of ether oxygens (including phenoxy) is 2. The third-order valence-corrected chi connectivity index (χ3v) is 4.88. The summed E-state index contributed by atoms with van der Waals surface area (Å²) in [5.41, 5.74) is 3.17. The van der Waals surface area contributed by atoms with E-state index in [0.717, 1.165) is 42.1 Å². The summed E-state index contributed by atoms with van der Waals surface area (Å²) in [7, 11) is 0. The Morgan fingerprint density at radius 3 is 2.53 bits per heavy atom. The van der Waals surface area contributed by atoms with Crippen LogP contribution < -0.4 is 20.7 Å². The molecule has 1 heterocycles. The molecule has 160 valence electrons. The molecule has 0 radical (unpaired) electrons. The van der Waals surface area contributed by atoms with E-state index < -0.39 is 0 Å². The van der Waals surface area contributed by atoms with E-state index in [-0.39, 0.29) is 24.5 Å². The highest BCUT2D eigenvalue weighted by atomic mass is 16.5. The van der Waals surface area contributed by atoms with Gasteiger partial charge in [0.15, 0.2) is 0 Å². The molecule has 1 aliphatic heterocycles. The van der Waals surface area contributed by atoms with Crippen LogP contribution in [0.1, 0.15) is 31.7 Å². The van der Waals surface area contributed by atoms with Gasteiger partial charge in [-0.1, -0.05) is 13.0 Å². The molecule has 1 fully saturated rings. The maximum absolute atomic E-state index is 12.3. The maximum Gasteiger partial charge on any atom is 0.243 e. The second kappa shape index (κ2) is 10.6. The minimum absolute atomic E-state index is 0.0452. The predicted octanol–water partition coefficient (Wildman–Crippen LogP) is 3.95. The Labute approximate surface area is 177 Å². The summed E-state index contributed by atoms with van der Waals surface area (Å²) >= 11 is 0. The third-order valence-electron chi connectivity index (χ3n) is 4.88.